The summed E-state index contributed by atoms with van der Waals surface area (Å²) in [6.45, 7) is 4.05. The fourth-order valence-electron chi connectivity index (χ4n) is 1.76. The van der Waals surface area contributed by atoms with Gasteiger partial charge in [-0.15, -0.1) is 0 Å². The summed E-state index contributed by atoms with van der Waals surface area (Å²) in [5.74, 6) is 0.644. The number of nitrogens with two attached hydrogens (primary N) is 1. The molecule has 98 valence electrons. The van der Waals surface area contributed by atoms with Crippen LogP contribution in [0.25, 0.3) is 0 Å². The second-order valence-electron chi connectivity index (χ2n) is 4.00. The first-order valence-corrected chi connectivity index (χ1v) is 5.49. The number of nitrogens with zero attached hydrogens (tertiary/aromatic N) is 2. The number of methoxy groups -OCH3 is 3. The monoisotopic (exact) mass is 243 g/mol. The highest BCUT2D eigenvalue weighted by molar-refractivity contribution is 5.29. The highest BCUT2D eigenvalue weighted by Crippen LogP contribution is 2.28. The van der Waals surface area contributed by atoms with Crippen molar-refractivity contribution in [3.63, 3.8) is 0 Å². The summed E-state index contributed by atoms with van der Waals surface area (Å²) in [6, 6.07) is -0.265. The van der Waals surface area contributed by atoms with Crippen molar-refractivity contribution in [3.05, 3.63) is 11.9 Å². The summed E-state index contributed by atoms with van der Waals surface area (Å²) in [5.41, 5.74) is 6.90. The van der Waals surface area contributed by atoms with E-state index in [9.17, 15) is 0 Å². The van der Waals surface area contributed by atoms with Crippen LogP contribution in [0, 0.1) is 0 Å². The maximum absolute atomic E-state index is 6.13. The molecular weight excluding hydrogens is 222 g/mol. The van der Waals surface area contributed by atoms with Gasteiger partial charge in [0.1, 0.15) is 11.7 Å². The van der Waals surface area contributed by atoms with Crippen LogP contribution in [0.3, 0.4) is 0 Å². The lowest BCUT2D eigenvalue weighted by Crippen LogP contribution is -2.32. The zero-order valence-electron chi connectivity index (χ0n) is 11.0. The SMILES string of the molecule is COc1cnn(C(C)C)c1C(N)C(OC)OC. The van der Waals surface area contributed by atoms with Crippen LogP contribution in [0.4, 0.5) is 0 Å². The van der Waals surface area contributed by atoms with Gasteiger partial charge in [0.15, 0.2) is 12.0 Å². The van der Waals surface area contributed by atoms with E-state index >= 15 is 0 Å². The normalized spacial score (nSPS) is 13.4. The molecule has 1 aromatic rings. The first kappa shape index (κ1) is 14.0. The van der Waals surface area contributed by atoms with E-state index in [1.165, 1.54) is 0 Å². The Hall–Kier alpha value is -1.11. The highest BCUT2D eigenvalue weighted by Gasteiger charge is 2.27. The molecule has 1 rings (SSSR count). The predicted molar refractivity (Wildman–Crippen MR) is 63.9 cm³/mol. The van der Waals surface area contributed by atoms with Gasteiger partial charge in [0, 0.05) is 20.3 Å². The standard InChI is InChI=1S/C11H21N3O3/c1-7(2)14-10(8(15-3)6-13-14)9(12)11(16-4)17-5/h6-7,9,11H,12H2,1-5H3. The Morgan fingerprint density at radius 3 is 2.24 bits per heavy atom. The van der Waals surface area contributed by atoms with Crippen molar-refractivity contribution in [1.29, 1.82) is 0 Å². The molecule has 0 aromatic carbocycles. The third-order valence-corrected chi connectivity index (χ3v) is 2.58. The van der Waals surface area contributed by atoms with Crippen molar-refractivity contribution < 1.29 is 14.2 Å². The molecule has 2 N–H and O–H groups in total. The number of rotatable bonds is 6. The van der Waals surface area contributed by atoms with Crippen LogP contribution in [0.2, 0.25) is 0 Å². The van der Waals surface area contributed by atoms with Crippen molar-refractivity contribution in [3.8, 4) is 5.75 Å². The molecule has 0 aliphatic heterocycles. The van der Waals surface area contributed by atoms with Crippen LogP contribution in [-0.4, -0.2) is 37.4 Å². The molecule has 0 fully saturated rings. The third-order valence-electron chi connectivity index (χ3n) is 2.58. The zero-order valence-corrected chi connectivity index (χ0v) is 11.0. The quantitative estimate of drug-likeness (QED) is 0.757. The predicted octanol–water partition coefficient (Wildman–Crippen LogP) is 1.09. The van der Waals surface area contributed by atoms with Crippen LogP contribution in [0.5, 0.6) is 5.75 Å². The lowest BCUT2D eigenvalue weighted by Gasteiger charge is -2.23. The minimum absolute atomic E-state index is 0.189. The molecule has 0 bridgehead atoms. The van der Waals surface area contributed by atoms with Gasteiger partial charge in [0.2, 0.25) is 0 Å². The Kier molecular flexibility index (Phi) is 4.92. The van der Waals surface area contributed by atoms with E-state index in [0.29, 0.717) is 5.75 Å². The molecule has 0 radical (unpaired) electrons. The van der Waals surface area contributed by atoms with Gasteiger partial charge in [-0.1, -0.05) is 0 Å². The van der Waals surface area contributed by atoms with E-state index in [-0.39, 0.29) is 6.04 Å². The van der Waals surface area contributed by atoms with Crippen LogP contribution in [0.15, 0.2) is 6.20 Å². The molecule has 0 saturated heterocycles. The number of hydrogen-bond acceptors (Lipinski definition) is 5. The molecule has 17 heavy (non-hydrogen) atoms. The van der Waals surface area contributed by atoms with E-state index < -0.39 is 12.3 Å². The Morgan fingerprint density at radius 1 is 1.24 bits per heavy atom. The Balaban J connectivity index is 3.12. The van der Waals surface area contributed by atoms with E-state index in [2.05, 4.69) is 5.10 Å². The van der Waals surface area contributed by atoms with Crippen molar-refractivity contribution in [1.82, 2.24) is 9.78 Å². The van der Waals surface area contributed by atoms with Gasteiger partial charge >= 0.3 is 0 Å². The van der Waals surface area contributed by atoms with Gasteiger partial charge < -0.3 is 19.9 Å². The number of hydrogen-bond donors (Lipinski definition) is 1. The van der Waals surface area contributed by atoms with Crippen LogP contribution in [-0.2, 0) is 9.47 Å². The van der Waals surface area contributed by atoms with Gasteiger partial charge in [-0.2, -0.15) is 5.10 Å². The van der Waals surface area contributed by atoms with Crippen LogP contribution < -0.4 is 10.5 Å². The third kappa shape index (κ3) is 2.77. The lowest BCUT2D eigenvalue weighted by atomic mass is 10.2. The van der Waals surface area contributed by atoms with Crippen molar-refractivity contribution >= 4 is 0 Å². The average Bonchev–Trinajstić information content (AvgIpc) is 2.73. The van der Waals surface area contributed by atoms with Crippen LogP contribution >= 0.6 is 0 Å². The molecule has 1 atom stereocenters. The summed E-state index contributed by atoms with van der Waals surface area (Å²) in [6.07, 6.45) is 1.12. The minimum atomic E-state index is -0.530. The number of aromatic nitrogens is 2. The van der Waals surface area contributed by atoms with Crippen molar-refractivity contribution in [2.24, 2.45) is 5.73 Å². The zero-order chi connectivity index (χ0) is 13.0. The molecule has 0 saturated carbocycles. The molecule has 0 amide bonds. The fraction of sp³-hybridized carbons (Fsp3) is 0.727. The van der Waals surface area contributed by atoms with Gasteiger partial charge in [-0.05, 0) is 13.8 Å². The molecule has 6 nitrogen and oxygen atoms in total. The average molecular weight is 243 g/mol. The van der Waals surface area contributed by atoms with E-state index in [1.54, 1.807) is 27.5 Å². The minimum Gasteiger partial charge on any atom is -0.493 e. The molecule has 1 aromatic heterocycles. The molecular formula is C11H21N3O3. The Labute approximate surface area is 102 Å². The van der Waals surface area contributed by atoms with E-state index in [1.807, 2.05) is 18.5 Å². The largest absolute Gasteiger partial charge is 0.493 e. The Morgan fingerprint density at radius 2 is 1.82 bits per heavy atom. The smallest absolute Gasteiger partial charge is 0.177 e. The summed E-state index contributed by atoms with van der Waals surface area (Å²) in [5, 5.41) is 4.26. The second kappa shape index (κ2) is 6.00. The summed E-state index contributed by atoms with van der Waals surface area (Å²) >= 11 is 0. The highest BCUT2D eigenvalue weighted by atomic mass is 16.7. The molecule has 1 heterocycles. The summed E-state index contributed by atoms with van der Waals surface area (Å²) in [4.78, 5) is 0. The maximum atomic E-state index is 6.13. The maximum Gasteiger partial charge on any atom is 0.177 e. The topological polar surface area (TPSA) is 71.5 Å². The van der Waals surface area contributed by atoms with Gasteiger partial charge in [0.25, 0.3) is 0 Å². The molecule has 0 aliphatic carbocycles. The first-order chi connectivity index (χ1) is 8.06. The molecule has 0 spiro atoms. The lowest BCUT2D eigenvalue weighted by molar-refractivity contribution is -0.118. The second-order valence-corrected chi connectivity index (χ2v) is 4.00. The van der Waals surface area contributed by atoms with E-state index in [0.717, 1.165) is 5.69 Å². The van der Waals surface area contributed by atoms with Crippen molar-refractivity contribution in [2.75, 3.05) is 21.3 Å². The first-order valence-electron chi connectivity index (χ1n) is 5.49. The van der Waals surface area contributed by atoms with Gasteiger partial charge in [0.05, 0.1) is 13.3 Å². The van der Waals surface area contributed by atoms with Crippen LogP contribution in [0.1, 0.15) is 31.6 Å². The van der Waals surface area contributed by atoms with E-state index in [4.69, 9.17) is 19.9 Å². The summed E-state index contributed by atoms with van der Waals surface area (Å²) < 4.78 is 17.4. The van der Waals surface area contributed by atoms with Gasteiger partial charge in [-0.3, -0.25) is 4.68 Å². The molecule has 0 aliphatic rings. The fourth-order valence-corrected chi connectivity index (χ4v) is 1.76. The summed E-state index contributed by atoms with van der Waals surface area (Å²) in [7, 11) is 4.69. The van der Waals surface area contributed by atoms with Gasteiger partial charge in [-0.25, -0.2) is 0 Å². The molecule has 1 unspecified atom stereocenters. The van der Waals surface area contributed by atoms with Crippen molar-refractivity contribution in [2.45, 2.75) is 32.2 Å². The molecule has 6 heteroatoms. The number of ether oxygens (including phenoxy) is 3. The Bertz CT molecular complexity index is 348.